The average Bonchev–Trinajstić information content (AvgIpc) is 2.19. The Morgan fingerprint density at radius 1 is 0.944 bits per heavy atom. The molecule has 0 aromatic rings. The first-order valence-electron chi connectivity index (χ1n) is 7.68. The van der Waals surface area contributed by atoms with E-state index in [1.54, 1.807) is 0 Å². The van der Waals surface area contributed by atoms with Crippen LogP contribution in [0.1, 0.15) is 81.6 Å². The van der Waals surface area contributed by atoms with E-state index >= 15 is 0 Å². The van der Waals surface area contributed by atoms with Crippen LogP contribution in [0.15, 0.2) is 0 Å². The van der Waals surface area contributed by atoms with Gasteiger partial charge in [-0.05, 0) is 22.0 Å². The van der Waals surface area contributed by atoms with Crippen LogP contribution in [0, 0.1) is 0 Å². The van der Waals surface area contributed by atoms with E-state index < -0.39 is 8.32 Å². The SMILES string of the molecule is CCCCO[Si](C(C)CC)(C(C)(C)C)C(C)(C)C. The largest absolute Gasteiger partial charge is 0.415 e. The zero-order chi connectivity index (χ0) is 14.6. The summed E-state index contributed by atoms with van der Waals surface area (Å²) < 4.78 is 6.69. The highest BCUT2D eigenvalue weighted by Gasteiger charge is 2.57. The summed E-state index contributed by atoms with van der Waals surface area (Å²) in [7, 11) is -1.84. The van der Waals surface area contributed by atoms with Gasteiger partial charge in [0.05, 0.1) is 0 Å². The van der Waals surface area contributed by atoms with Crippen molar-refractivity contribution in [1.29, 1.82) is 0 Å². The standard InChI is InChI=1S/C16H36OSi/c1-10-12-13-17-18(14(3)11-2,15(4,5)6)16(7,8)9/h14H,10-13H2,1-9H3. The van der Waals surface area contributed by atoms with Gasteiger partial charge in [-0.1, -0.05) is 75.2 Å². The van der Waals surface area contributed by atoms with Crippen LogP contribution in [0.3, 0.4) is 0 Å². The molecule has 0 heterocycles. The Hall–Kier alpha value is 0.177. The monoisotopic (exact) mass is 272 g/mol. The second-order valence-corrected chi connectivity index (χ2v) is 13.5. The van der Waals surface area contributed by atoms with E-state index in [9.17, 15) is 0 Å². The molecule has 0 N–H and O–H groups in total. The normalized spacial score (nSPS) is 15.8. The van der Waals surface area contributed by atoms with Crippen LogP contribution in [0.5, 0.6) is 0 Å². The molecule has 0 amide bonds. The van der Waals surface area contributed by atoms with Gasteiger partial charge >= 0.3 is 0 Å². The molecular formula is C16H36OSi. The van der Waals surface area contributed by atoms with Crippen molar-refractivity contribution in [3.63, 3.8) is 0 Å². The molecular weight excluding hydrogens is 236 g/mol. The summed E-state index contributed by atoms with van der Waals surface area (Å²) in [5, 5.41) is 0.572. The molecule has 1 nitrogen and oxygen atoms in total. The average molecular weight is 273 g/mol. The summed E-state index contributed by atoms with van der Waals surface area (Å²) in [5.74, 6) is 0. The van der Waals surface area contributed by atoms with Gasteiger partial charge in [-0.3, -0.25) is 0 Å². The van der Waals surface area contributed by atoms with E-state index in [0.717, 1.165) is 6.61 Å². The van der Waals surface area contributed by atoms with E-state index in [2.05, 4.69) is 62.3 Å². The lowest BCUT2D eigenvalue weighted by atomic mass is 10.2. The Morgan fingerprint density at radius 2 is 1.39 bits per heavy atom. The zero-order valence-electron chi connectivity index (χ0n) is 14.3. The molecule has 0 fully saturated rings. The van der Waals surface area contributed by atoms with Crippen molar-refractivity contribution in [3.8, 4) is 0 Å². The maximum absolute atomic E-state index is 6.69. The third-order valence-electron chi connectivity index (χ3n) is 4.36. The van der Waals surface area contributed by atoms with Gasteiger partial charge in [-0.15, -0.1) is 0 Å². The molecule has 0 saturated carbocycles. The van der Waals surface area contributed by atoms with Gasteiger partial charge in [0.1, 0.15) is 0 Å². The molecule has 0 saturated heterocycles. The summed E-state index contributed by atoms with van der Waals surface area (Å²) in [5.41, 5.74) is 0.703. The molecule has 1 atom stereocenters. The maximum Gasteiger partial charge on any atom is 0.206 e. The number of unbranched alkanes of at least 4 members (excludes halogenated alkanes) is 1. The first-order valence-corrected chi connectivity index (χ1v) is 9.67. The quantitative estimate of drug-likeness (QED) is 0.416. The summed E-state index contributed by atoms with van der Waals surface area (Å²) in [6.45, 7) is 22.3. The van der Waals surface area contributed by atoms with Crippen molar-refractivity contribution < 1.29 is 4.43 Å². The number of hydrogen-bond donors (Lipinski definition) is 0. The van der Waals surface area contributed by atoms with Crippen molar-refractivity contribution in [3.05, 3.63) is 0 Å². The predicted octanol–water partition coefficient (Wildman–Crippen LogP) is 6.15. The highest BCUT2D eigenvalue weighted by atomic mass is 28.4. The fourth-order valence-electron chi connectivity index (χ4n) is 3.84. The Kier molecular flexibility index (Phi) is 6.62. The summed E-state index contributed by atoms with van der Waals surface area (Å²) in [6.07, 6.45) is 3.64. The fourth-order valence-corrected chi connectivity index (χ4v) is 11.2. The molecule has 0 aliphatic rings. The van der Waals surface area contributed by atoms with Gasteiger partial charge in [0.2, 0.25) is 8.32 Å². The molecule has 0 rings (SSSR count). The number of hydrogen-bond acceptors (Lipinski definition) is 1. The van der Waals surface area contributed by atoms with Crippen LogP contribution in [0.2, 0.25) is 15.6 Å². The Bertz CT molecular complexity index is 220. The lowest BCUT2D eigenvalue weighted by Gasteiger charge is -2.54. The van der Waals surface area contributed by atoms with Gasteiger partial charge in [-0.2, -0.15) is 0 Å². The lowest BCUT2D eigenvalue weighted by Crippen LogP contribution is -2.57. The molecule has 2 heteroatoms. The van der Waals surface area contributed by atoms with Crippen molar-refractivity contribution in [2.75, 3.05) is 6.61 Å². The minimum atomic E-state index is -1.84. The van der Waals surface area contributed by atoms with E-state index in [1.165, 1.54) is 19.3 Å². The van der Waals surface area contributed by atoms with Gasteiger partial charge in [0.15, 0.2) is 0 Å². The third-order valence-corrected chi connectivity index (χ3v) is 11.3. The molecule has 0 aliphatic heterocycles. The van der Waals surface area contributed by atoms with Crippen molar-refractivity contribution in [2.24, 2.45) is 0 Å². The smallest absolute Gasteiger partial charge is 0.206 e. The molecule has 0 aromatic heterocycles. The molecule has 0 aromatic carbocycles. The van der Waals surface area contributed by atoms with E-state index in [4.69, 9.17) is 4.43 Å². The van der Waals surface area contributed by atoms with Crippen LogP contribution < -0.4 is 0 Å². The highest BCUT2D eigenvalue weighted by Crippen LogP contribution is 2.58. The van der Waals surface area contributed by atoms with Crippen molar-refractivity contribution >= 4 is 8.32 Å². The molecule has 110 valence electrons. The van der Waals surface area contributed by atoms with E-state index in [-0.39, 0.29) is 10.1 Å². The van der Waals surface area contributed by atoms with Gasteiger partial charge in [0.25, 0.3) is 0 Å². The van der Waals surface area contributed by atoms with Gasteiger partial charge < -0.3 is 4.43 Å². The number of rotatable bonds is 6. The van der Waals surface area contributed by atoms with Crippen LogP contribution in [-0.2, 0) is 4.43 Å². The van der Waals surface area contributed by atoms with Crippen molar-refractivity contribution in [2.45, 2.75) is 97.2 Å². The van der Waals surface area contributed by atoms with Crippen LogP contribution in [0.25, 0.3) is 0 Å². The first kappa shape index (κ1) is 18.2. The first-order chi connectivity index (χ1) is 8.04. The fraction of sp³-hybridized carbons (Fsp3) is 1.00. The maximum atomic E-state index is 6.69. The van der Waals surface area contributed by atoms with E-state index in [0.29, 0.717) is 5.54 Å². The van der Waals surface area contributed by atoms with Crippen molar-refractivity contribution in [1.82, 2.24) is 0 Å². The topological polar surface area (TPSA) is 9.23 Å². The van der Waals surface area contributed by atoms with Crippen LogP contribution in [0.4, 0.5) is 0 Å². The minimum absolute atomic E-state index is 0.286. The Morgan fingerprint density at radius 3 is 1.67 bits per heavy atom. The molecule has 0 spiro atoms. The predicted molar refractivity (Wildman–Crippen MR) is 85.8 cm³/mol. The Balaban J connectivity index is 5.44. The lowest BCUT2D eigenvalue weighted by molar-refractivity contribution is 0.241. The Labute approximate surface area is 117 Å². The molecule has 0 aliphatic carbocycles. The van der Waals surface area contributed by atoms with E-state index in [1.807, 2.05) is 0 Å². The zero-order valence-corrected chi connectivity index (χ0v) is 15.3. The third kappa shape index (κ3) is 3.60. The second kappa shape index (κ2) is 6.56. The second-order valence-electron chi connectivity index (χ2n) is 7.75. The van der Waals surface area contributed by atoms with Crippen LogP contribution >= 0.6 is 0 Å². The summed E-state index contributed by atoms with van der Waals surface area (Å²) in [4.78, 5) is 0. The molecule has 0 bridgehead atoms. The summed E-state index contributed by atoms with van der Waals surface area (Å²) >= 11 is 0. The molecule has 1 unspecified atom stereocenters. The van der Waals surface area contributed by atoms with Crippen LogP contribution in [-0.4, -0.2) is 14.9 Å². The van der Waals surface area contributed by atoms with Gasteiger partial charge in [0, 0.05) is 6.61 Å². The molecule has 18 heavy (non-hydrogen) atoms. The molecule has 0 radical (unpaired) electrons. The minimum Gasteiger partial charge on any atom is -0.415 e. The highest BCUT2D eigenvalue weighted by molar-refractivity contribution is 6.80. The van der Waals surface area contributed by atoms with Gasteiger partial charge in [-0.25, -0.2) is 0 Å². The summed E-state index contributed by atoms with van der Waals surface area (Å²) in [6, 6.07) is 0.